The van der Waals surface area contributed by atoms with Gasteiger partial charge >= 0.3 is 0 Å². The lowest BCUT2D eigenvalue weighted by Crippen LogP contribution is -2.10. The Hall–Kier alpha value is -2.17. The molecule has 0 aromatic carbocycles. The van der Waals surface area contributed by atoms with Crippen LogP contribution < -0.4 is 10.6 Å². The highest BCUT2D eigenvalue weighted by atomic mass is 15.1. The molecule has 0 unspecified atom stereocenters. The van der Waals surface area contributed by atoms with Crippen LogP contribution in [0.15, 0.2) is 18.3 Å². The number of aromatic nitrogens is 3. The van der Waals surface area contributed by atoms with Gasteiger partial charge in [-0.05, 0) is 25.5 Å². The standard InChI is InChI=1S/C15H21N5/c1-5-13-19-14(16-4)11(3)15(20-13)18-9-12-10(2)7-6-8-17-12/h6-8H,5,9H2,1-4H3,(H2,16,18,19,20). The van der Waals surface area contributed by atoms with Crippen LogP contribution >= 0.6 is 0 Å². The lowest BCUT2D eigenvalue weighted by molar-refractivity contribution is 0.917. The maximum absolute atomic E-state index is 4.55. The van der Waals surface area contributed by atoms with Gasteiger partial charge in [-0.3, -0.25) is 4.98 Å². The Bertz CT molecular complexity index is 595. The van der Waals surface area contributed by atoms with Gasteiger partial charge in [0.25, 0.3) is 0 Å². The van der Waals surface area contributed by atoms with Gasteiger partial charge in [0.2, 0.25) is 0 Å². The molecule has 0 bridgehead atoms. The van der Waals surface area contributed by atoms with Crippen LogP contribution in [-0.4, -0.2) is 22.0 Å². The van der Waals surface area contributed by atoms with Gasteiger partial charge in [-0.15, -0.1) is 0 Å². The molecule has 2 N–H and O–H groups in total. The summed E-state index contributed by atoms with van der Waals surface area (Å²) in [7, 11) is 1.88. The fraction of sp³-hybridized carbons (Fsp3) is 0.400. The summed E-state index contributed by atoms with van der Waals surface area (Å²) in [4.78, 5) is 13.4. The van der Waals surface area contributed by atoms with Crippen LogP contribution in [0.25, 0.3) is 0 Å². The molecular formula is C15H21N5. The predicted molar refractivity (Wildman–Crippen MR) is 82.0 cm³/mol. The Morgan fingerprint density at radius 2 is 1.90 bits per heavy atom. The van der Waals surface area contributed by atoms with Crippen molar-refractivity contribution in [2.24, 2.45) is 0 Å². The second-order valence-corrected chi connectivity index (χ2v) is 4.69. The Labute approximate surface area is 119 Å². The van der Waals surface area contributed by atoms with Gasteiger partial charge in [0, 0.05) is 25.2 Å². The highest BCUT2D eigenvalue weighted by molar-refractivity contribution is 5.57. The van der Waals surface area contributed by atoms with Crippen molar-refractivity contribution >= 4 is 11.6 Å². The molecule has 2 aromatic heterocycles. The minimum Gasteiger partial charge on any atom is -0.373 e. The van der Waals surface area contributed by atoms with Crippen LogP contribution in [-0.2, 0) is 13.0 Å². The van der Waals surface area contributed by atoms with Crippen molar-refractivity contribution in [3.63, 3.8) is 0 Å². The van der Waals surface area contributed by atoms with E-state index in [1.807, 2.05) is 26.2 Å². The van der Waals surface area contributed by atoms with Crippen LogP contribution in [0.4, 0.5) is 11.6 Å². The van der Waals surface area contributed by atoms with Gasteiger partial charge in [-0.25, -0.2) is 9.97 Å². The summed E-state index contributed by atoms with van der Waals surface area (Å²) < 4.78 is 0. The quantitative estimate of drug-likeness (QED) is 0.875. The van der Waals surface area contributed by atoms with Crippen LogP contribution in [0.3, 0.4) is 0 Å². The minimum absolute atomic E-state index is 0.664. The fourth-order valence-electron chi connectivity index (χ4n) is 2.01. The number of aryl methyl sites for hydroxylation is 2. The van der Waals surface area contributed by atoms with E-state index in [1.54, 1.807) is 0 Å². The summed E-state index contributed by atoms with van der Waals surface area (Å²) in [6, 6.07) is 4.01. The number of hydrogen-bond acceptors (Lipinski definition) is 5. The molecule has 0 spiro atoms. The van der Waals surface area contributed by atoms with Gasteiger partial charge < -0.3 is 10.6 Å². The van der Waals surface area contributed by atoms with E-state index in [4.69, 9.17) is 0 Å². The van der Waals surface area contributed by atoms with Crippen LogP contribution in [0, 0.1) is 13.8 Å². The minimum atomic E-state index is 0.664. The Morgan fingerprint density at radius 3 is 2.55 bits per heavy atom. The number of anilines is 2. The molecule has 0 saturated carbocycles. The topological polar surface area (TPSA) is 62.7 Å². The molecule has 0 aliphatic rings. The summed E-state index contributed by atoms with van der Waals surface area (Å²) in [6.07, 6.45) is 2.62. The zero-order chi connectivity index (χ0) is 14.5. The zero-order valence-electron chi connectivity index (χ0n) is 12.5. The van der Waals surface area contributed by atoms with E-state index >= 15 is 0 Å². The average Bonchev–Trinajstić information content (AvgIpc) is 2.47. The number of rotatable bonds is 5. The molecule has 5 nitrogen and oxygen atoms in total. The van der Waals surface area contributed by atoms with Crippen LogP contribution in [0.5, 0.6) is 0 Å². The first-order valence-electron chi connectivity index (χ1n) is 6.85. The first-order valence-corrected chi connectivity index (χ1v) is 6.85. The van der Waals surface area contributed by atoms with Crippen molar-refractivity contribution in [1.29, 1.82) is 0 Å². The molecule has 0 aliphatic heterocycles. The summed E-state index contributed by atoms with van der Waals surface area (Å²) in [6.45, 7) is 6.79. The number of pyridine rings is 1. The molecule has 2 rings (SSSR count). The first-order chi connectivity index (χ1) is 9.65. The molecular weight excluding hydrogens is 250 g/mol. The van der Waals surface area contributed by atoms with Gasteiger partial charge in [0.1, 0.15) is 17.5 Å². The molecule has 106 valence electrons. The normalized spacial score (nSPS) is 10.4. The fourth-order valence-corrected chi connectivity index (χ4v) is 2.01. The molecule has 2 aromatic rings. The van der Waals surface area contributed by atoms with E-state index in [9.17, 15) is 0 Å². The van der Waals surface area contributed by atoms with Crippen LogP contribution in [0.2, 0.25) is 0 Å². The predicted octanol–water partition coefficient (Wildman–Crippen LogP) is 2.70. The largest absolute Gasteiger partial charge is 0.373 e. The Balaban J connectivity index is 2.23. The van der Waals surface area contributed by atoms with Crippen molar-refractivity contribution < 1.29 is 0 Å². The molecule has 0 radical (unpaired) electrons. The maximum Gasteiger partial charge on any atom is 0.135 e. The molecule has 20 heavy (non-hydrogen) atoms. The summed E-state index contributed by atoms with van der Waals surface area (Å²) in [5, 5.41) is 6.48. The number of nitrogens with zero attached hydrogens (tertiary/aromatic N) is 3. The molecule has 0 fully saturated rings. The van der Waals surface area contributed by atoms with E-state index in [0.29, 0.717) is 6.54 Å². The van der Waals surface area contributed by atoms with E-state index in [1.165, 1.54) is 5.56 Å². The summed E-state index contributed by atoms with van der Waals surface area (Å²) in [5.41, 5.74) is 3.24. The van der Waals surface area contributed by atoms with Gasteiger partial charge in [-0.1, -0.05) is 13.0 Å². The van der Waals surface area contributed by atoms with E-state index in [0.717, 1.165) is 35.1 Å². The van der Waals surface area contributed by atoms with Crippen molar-refractivity contribution in [3.8, 4) is 0 Å². The van der Waals surface area contributed by atoms with Crippen LogP contribution in [0.1, 0.15) is 29.6 Å². The van der Waals surface area contributed by atoms with Crippen molar-refractivity contribution in [3.05, 3.63) is 41.0 Å². The zero-order valence-corrected chi connectivity index (χ0v) is 12.5. The van der Waals surface area contributed by atoms with Crippen molar-refractivity contribution in [1.82, 2.24) is 15.0 Å². The molecule has 5 heteroatoms. The number of hydrogen-bond donors (Lipinski definition) is 2. The number of nitrogens with one attached hydrogen (secondary N) is 2. The van der Waals surface area contributed by atoms with Gasteiger partial charge in [0.15, 0.2) is 0 Å². The third-order valence-corrected chi connectivity index (χ3v) is 3.29. The molecule has 0 amide bonds. The lowest BCUT2D eigenvalue weighted by Gasteiger charge is -2.13. The highest BCUT2D eigenvalue weighted by Gasteiger charge is 2.09. The van der Waals surface area contributed by atoms with Crippen molar-refractivity contribution in [2.45, 2.75) is 33.7 Å². The molecule has 0 aliphatic carbocycles. The molecule has 0 saturated heterocycles. The third kappa shape index (κ3) is 3.04. The average molecular weight is 271 g/mol. The van der Waals surface area contributed by atoms with E-state index in [-0.39, 0.29) is 0 Å². The molecule has 0 atom stereocenters. The smallest absolute Gasteiger partial charge is 0.135 e. The SMILES string of the molecule is CCc1nc(NC)c(C)c(NCc2ncccc2C)n1. The first kappa shape index (κ1) is 14.2. The maximum atomic E-state index is 4.55. The Kier molecular flexibility index (Phi) is 4.50. The second-order valence-electron chi connectivity index (χ2n) is 4.69. The van der Waals surface area contributed by atoms with E-state index < -0.39 is 0 Å². The lowest BCUT2D eigenvalue weighted by atomic mass is 10.2. The highest BCUT2D eigenvalue weighted by Crippen LogP contribution is 2.20. The molecule has 2 heterocycles. The summed E-state index contributed by atoms with van der Waals surface area (Å²) >= 11 is 0. The monoisotopic (exact) mass is 271 g/mol. The third-order valence-electron chi connectivity index (χ3n) is 3.29. The van der Waals surface area contributed by atoms with Gasteiger partial charge in [0.05, 0.1) is 12.2 Å². The summed E-state index contributed by atoms with van der Waals surface area (Å²) in [5.74, 6) is 2.57. The Morgan fingerprint density at radius 1 is 1.15 bits per heavy atom. The van der Waals surface area contributed by atoms with E-state index in [2.05, 4.69) is 45.5 Å². The second kappa shape index (κ2) is 6.32. The van der Waals surface area contributed by atoms with Crippen molar-refractivity contribution in [2.75, 3.05) is 17.7 Å². The van der Waals surface area contributed by atoms with Gasteiger partial charge in [-0.2, -0.15) is 0 Å².